The van der Waals surface area contributed by atoms with Crippen LogP contribution in [0.15, 0.2) is 36.4 Å². The van der Waals surface area contributed by atoms with Crippen molar-refractivity contribution in [1.82, 2.24) is 64.3 Å². The van der Waals surface area contributed by atoms with Gasteiger partial charge in [-0.15, -0.1) is 22.7 Å². The second-order valence-electron chi connectivity index (χ2n) is 41.3. The molecule has 4 aliphatic carbocycles. The van der Waals surface area contributed by atoms with Gasteiger partial charge in [0.1, 0.15) is 68.1 Å². The molecule has 4 saturated carbocycles. The molecule has 2 aromatic carbocycles. The van der Waals surface area contributed by atoms with Crippen LogP contribution in [-0.2, 0) is 66.4 Å². The number of ether oxygens (including phenoxy) is 3. The molecule has 32 heteroatoms. The molecule has 2 saturated heterocycles. The smallest absolute Gasteiger partial charge is 0.408 e. The molecule has 4 spiro atoms. The molecule has 14 rings (SSSR count). The standard InChI is InChI=1S/C49H73N7O8S2.C44H65N7O6S2.CH4/c1-12-31-27-49(31)43(59)54-66(61,62)48(24-25-48)23-18-16-14-13-15-17-22-36-37(29(2)3)50-41(65-36)33-20-19-21-34-38(33)51-44(56(34)30(4)5)63-32-26-35(40(57)53-49)55(28-32)42(58)39(46(6,7)8)52-45(60)64-47(9,10)11;1-9-28-24-44(28)40(54)49-59(55,56)43(21-22-43)20-15-13-11-10-12-14-19-33-34(26(2)3)46-38(58-33)30-17-16-18-31-35(30)47-41(51(31)27(4)5)57-29-23-32(37(52)48-44)50(25-29)39(53)36(45)42(6,7)8;/h19-21,29-32,35,39H,12-18,22-28H2,1-11H3,(H,52,60)(H,53,57)(H,54,59);16-18,26-29,32,36H,9-15,19-25,45H2,1-8H3,(H,48,52)(H,49,54);1H4/t31-,32-,35+,39-,49-;28-,29-,32+,36-,44-;/m11./s1. The van der Waals surface area contributed by atoms with Crippen LogP contribution in [0.2, 0.25) is 0 Å². The van der Waals surface area contributed by atoms with Crippen LogP contribution in [0.25, 0.3) is 43.2 Å². The lowest BCUT2D eigenvalue weighted by atomic mass is 9.85. The SMILES string of the molecule is C.CC[C@@H]1C[C@@]12NC(=O)[C@@H]1C[C@H](CN1C(=O)[C@@H](N)C(C)(C)C)Oc1nc3c(cccc3n1C(C)C)-c1nc(C(C)C)c(s1)CCCCCCCCC1(CC1)S(=O)(=O)NC2=O.CC[C@@H]1C[C@@]12NC(=O)[C@@H]1C[C@H](CN1C(=O)[C@@H](NC(=O)OC(C)(C)C)C(C)(C)C)Oc1nc3c(cccc3n1C(C)C)-c1nc(C(C)C)c(s1)CCCCCCCCC1(CC1)S(=O)(=O)NC2=O. The van der Waals surface area contributed by atoms with Gasteiger partial charge in [-0.25, -0.2) is 31.6 Å². The Bertz CT molecular complexity index is 5250. The van der Waals surface area contributed by atoms with E-state index < -0.39 is 135 Å². The lowest BCUT2D eigenvalue weighted by Crippen LogP contribution is -2.60. The molecule has 696 valence electrons. The number of para-hydroxylation sites is 2. The third-order valence-corrected chi connectivity index (χ3v) is 33.9. The molecule has 6 aromatic rings. The summed E-state index contributed by atoms with van der Waals surface area (Å²) in [6.45, 7) is 37.1. The number of thiazole rings is 2. The Balaban J connectivity index is 0.000000229. The molecule has 0 unspecified atom stereocenters. The molecule has 0 radical (unpaired) electrons. The number of hydrogen-bond acceptors (Lipinski definition) is 21. The lowest BCUT2D eigenvalue weighted by molar-refractivity contribution is -0.143. The number of imidazole rings is 2. The maximum atomic E-state index is 14.9. The molecule has 7 N–H and O–H groups in total. The van der Waals surface area contributed by atoms with E-state index in [0.29, 0.717) is 69.8 Å². The summed E-state index contributed by atoms with van der Waals surface area (Å²) >= 11 is 3.45. The fourth-order valence-corrected chi connectivity index (χ4v) is 25.0. The Morgan fingerprint density at radius 1 is 0.548 bits per heavy atom. The Morgan fingerprint density at radius 2 is 0.929 bits per heavy atom. The second kappa shape index (κ2) is 37.6. The number of nitrogens with zero attached hydrogens (tertiary/aromatic N) is 8. The highest BCUT2D eigenvalue weighted by molar-refractivity contribution is 7.92. The zero-order valence-electron chi connectivity index (χ0n) is 77.2. The summed E-state index contributed by atoms with van der Waals surface area (Å²) in [6, 6.07) is 8.63. The van der Waals surface area contributed by atoms with E-state index in [-0.39, 0.29) is 75.5 Å². The van der Waals surface area contributed by atoms with Gasteiger partial charge in [0.05, 0.1) is 51.0 Å². The number of carbonyl (C=O) groups excluding carboxylic acids is 7. The first-order valence-electron chi connectivity index (χ1n) is 46.2. The summed E-state index contributed by atoms with van der Waals surface area (Å²) in [5, 5.41) is 10.6. The highest BCUT2D eigenvalue weighted by atomic mass is 32.2. The Morgan fingerprint density at radius 3 is 1.27 bits per heavy atom. The third-order valence-electron chi connectivity index (χ3n) is 27.1. The van der Waals surface area contributed by atoms with Gasteiger partial charge in [-0.1, -0.05) is 180 Å². The van der Waals surface area contributed by atoms with Crippen molar-refractivity contribution < 1.29 is 64.6 Å². The number of nitrogens with one attached hydrogen (secondary N) is 5. The molecule has 10 atom stereocenters. The van der Waals surface area contributed by atoms with Crippen molar-refractivity contribution in [2.24, 2.45) is 28.4 Å². The fraction of sp³-hybridized carbons (Fsp3) is 0.713. The molecular weight excluding hydrogens is 1680 g/mol. The van der Waals surface area contributed by atoms with Gasteiger partial charge in [-0.2, -0.15) is 9.97 Å². The van der Waals surface area contributed by atoms with Crippen molar-refractivity contribution in [2.45, 2.75) is 392 Å². The minimum atomic E-state index is -4.06. The first kappa shape index (κ1) is 97.3. The van der Waals surface area contributed by atoms with Crippen molar-refractivity contribution >= 4 is 106 Å². The van der Waals surface area contributed by atoms with Gasteiger partial charge >= 0.3 is 6.09 Å². The fourth-order valence-electron chi connectivity index (χ4n) is 19.1. The van der Waals surface area contributed by atoms with Crippen LogP contribution < -0.4 is 40.6 Å². The number of benzene rings is 2. The quantitative estimate of drug-likeness (QED) is 0.0783. The predicted molar refractivity (Wildman–Crippen MR) is 495 cm³/mol. The van der Waals surface area contributed by atoms with Crippen LogP contribution in [-0.4, -0.2) is 173 Å². The summed E-state index contributed by atoms with van der Waals surface area (Å²) in [5.74, 6) is -3.55. The number of rotatable bonds is 9. The number of aryl methyl sites for hydroxylation is 2. The molecular formula is C94H142N14O14S4. The first-order valence-corrected chi connectivity index (χ1v) is 50.8. The molecule has 7 amide bonds. The molecule has 8 heterocycles. The van der Waals surface area contributed by atoms with E-state index in [1.165, 1.54) is 19.6 Å². The lowest BCUT2D eigenvalue weighted by Gasteiger charge is -2.36. The minimum Gasteiger partial charge on any atom is -0.459 e. The second-order valence-corrected chi connectivity index (χ2v) is 47.6. The van der Waals surface area contributed by atoms with Crippen LogP contribution in [0.1, 0.15) is 338 Å². The molecule has 126 heavy (non-hydrogen) atoms. The van der Waals surface area contributed by atoms with E-state index in [9.17, 15) is 50.4 Å². The highest BCUT2D eigenvalue weighted by Crippen LogP contribution is 2.53. The Kier molecular flexibility index (Phi) is 29.0. The van der Waals surface area contributed by atoms with Crippen molar-refractivity contribution in [3.05, 3.63) is 57.5 Å². The number of aromatic nitrogens is 6. The van der Waals surface area contributed by atoms with Crippen molar-refractivity contribution in [2.75, 3.05) is 13.1 Å². The Labute approximate surface area is 755 Å². The zero-order chi connectivity index (χ0) is 90.8. The summed E-state index contributed by atoms with van der Waals surface area (Å²) in [4.78, 5) is 126. The van der Waals surface area contributed by atoms with Crippen LogP contribution in [0.3, 0.4) is 0 Å². The normalized spacial score (nSPS) is 26.0. The number of amides is 7. The van der Waals surface area contributed by atoms with E-state index in [1.807, 2.05) is 103 Å². The van der Waals surface area contributed by atoms with Crippen LogP contribution >= 0.6 is 22.7 Å². The highest BCUT2D eigenvalue weighted by Gasteiger charge is 2.66. The van der Waals surface area contributed by atoms with Gasteiger partial charge in [0.2, 0.25) is 43.7 Å². The number of likely N-dealkylation sites (tertiary alicyclic amines) is 2. The van der Waals surface area contributed by atoms with E-state index in [0.717, 1.165) is 144 Å². The first-order chi connectivity index (χ1) is 58.7. The van der Waals surface area contributed by atoms with Gasteiger partial charge in [0.15, 0.2) is 0 Å². The average Bonchev–Trinajstić information content (AvgIpc) is 1.56. The molecule has 28 nitrogen and oxygen atoms in total. The number of fused-ring (bicyclic) bond motifs is 12. The number of nitrogens with two attached hydrogens (primary N) is 1. The van der Waals surface area contributed by atoms with Crippen LogP contribution in [0.5, 0.6) is 12.0 Å². The predicted octanol–water partition coefficient (Wildman–Crippen LogP) is 16.5. The minimum absolute atomic E-state index is 0. The monoisotopic (exact) mass is 1820 g/mol. The van der Waals surface area contributed by atoms with Crippen molar-refractivity contribution in [1.29, 1.82) is 0 Å². The molecule has 6 fully saturated rings. The maximum Gasteiger partial charge on any atom is 0.408 e. The molecule has 12 bridgehead atoms. The third kappa shape index (κ3) is 20.4. The van der Waals surface area contributed by atoms with E-state index in [2.05, 4.69) is 79.1 Å². The van der Waals surface area contributed by atoms with Gasteiger partial charge in [0.25, 0.3) is 23.8 Å². The summed E-state index contributed by atoms with van der Waals surface area (Å²) in [6.07, 6.45) is 16.3. The number of carbonyl (C=O) groups is 7. The largest absolute Gasteiger partial charge is 0.459 e. The average molecular weight is 1820 g/mol. The van der Waals surface area contributed by atoms with Crippen molar-refractivity contribution in [3.63, 3.8) is 0 Å². The van der Waals surface area contributed by atoms with E-state index in [4.69, 9.17) is 39.9 Å². The molecule has 8 aliphatic rings. The number of sulfonamides is 2. The Hall–Kier alpha value is -7.81. The number of hydrogen-bond donors (Lipinski definition) is 6. The maximum absolute atomic E-state index is 14.9. The van der Waals surface area contributed by atoms with Gasteiger partial charge < -0.3 is 45.7 Å². The van der Waals surface area contributed by atoms with Crippen molar-refractivity contribution in [3.8, 4) is 33.2 Å². The topological polar surface area (TPSA) is 370 Å². The number of alkyl carbamates (subject to hydrolysis) is 1. The van der Waals surface area contributed by atoms with E-state index in [1.54, 1.807) is 43.4 Å². The summed E-state index contributed by atoms with van der Waals surface area (Å²) < 4.78 is 81.8. The molecule has 4 aliphatic heterocycles. The van der Waals surface area contributed by atoms with Gasteiger partial charge in [-0.05, 0) is 184 Å². The van der Waals surface area contributed by atoms with E-state index >= 15 is 0 Å². The molecule has 4 aromatic heterocycles. The van der Waals surface area contributed by atoms with Crippen LogP contribution in [0, 0.1) is 22.7 Å². The summed E-state index contributed by atoms with van der Waals surface area (Å²) in [7, 11) is -8.05. The van der Waals surface area contributed by atoms with Gasteiger partial charge in [0, 0.05) is 45.8 Å². The van der Waals surface area contributed by atoms with Crippen LogP contribution in [0.4, 0.5) is 4.79 Å². The zero-order valence-corrected chi connectivity index (χ0v) is 80.5. The summed E-state index contributed by atoms with van der Waals surface area (Å²) in [5.41, 5.74) is 8.77. The van der Waals surface area contributed by atoms with Gasteiger partial charge in [-0.3, -0.25) is 47.3 Å².